The number of aryl methyl sites for hydroxylation is 1. The smallest absolute Gasteiger partial charge is 0.404 e. The second-order valence-corrected chi connectivity index (χ2v) is 11.3. The average molecular weight is 657 g/mol. The molecule has 0 radical (unpaired) electrons. The molecule has 4 rings (SSSR count). The lowest BCUT2D eigenvalue weighted by Gasteiger charge is -2.47. The van der Waals surface area contributed by atoms with Crippen molar-refractivity contribution in [2.75, 3.05) is 12.4 Å². The Labute approximate surface area is 268 Å². The van der Waals surface area contributed by atoms with Crippen molar-refractivity contribution in [1.82, 2.24) is 0 Å². The number of hydrogen-bond donors (Lipinski definition) is 6. The number of amides is 2. The molecule has 2 amide bonds. The zero-order chi connectivity index (χ0) is 34.6. The minimum atomic E-state index is -1.54. The van der Waals surface area contributed by atoms with E-state index in [1.54, 1.807) is 26.0 Å². The number of phenolic OH excluding ortho intramolecular Hbond substituents is 1. The van der Waals surface area contributed by atoms with E-state index in [9.17, 15) is 34.5 Å². The summed E-state index contributed by atoms with van der Waals surface area (Å²) in [7, 11) is 1.36. The second kappa shape index (κ2) is 14.1. The molecule has 0 saturated carbocycles. The largest absolute Gasteiger partial charge is 0.508 e. The predicted octanol–water partition coefficient (Wildman–Crippen LogP) is 3.08. The Balaban J connectivity index is 1.57. The Hall–Kier alpha value is -5.12. The van der Waals surface area contributed by atoms with Crippen molar-refractivity contribution in [1.29, 1.82) is 0 Å². The van der Waals surface area contributed by atoms with E-state index in [1.807, 2.05) is 0 Å². The average Bonchev–Trinajstić information content (AvgIpc) is 2.99. The Bertz CT molecular complexity index is 1760. The minimum absolute atomic E-state index is 0.0451. The van der Waals surface area contributed by atoms with Crippen LogP contribution in [-0.2, 0) is 25.4 Å². The molecule has 1 aromatic heterocycles. The summed E-state index contributed by atoms with van der Waals surface area (Å²) >= 11 is 0. The number of primary amides is 1. The molecule has 15 heteroatoms. The van der Waals surface area contributed by atoms with Gasteiger partial charge in [0.2, 0.25) is 6.29 Å². The fraction of sp³-hybridized carbons (Fsp3) is 0.375. The Morgan fingerprint density at radius 2 is 1.85 bits per heavy atom. The number of ether oxygens (including phenoxy) is 4. The number of fused-ring (bicyclic) bond motifs is 1. The van der Waals surface area contributed by atoms with Crippen molar-refractivity contribution in [2.24, 2.45) is 5.73 Å². The number of aliphatic carboxylic acids is 1. The van der Waals surface area contributed by atoms with Crippen LogP contribution in [0.25, 0.3) is 11.0 Å². The number of hydrogen-bond acceptors (Lipinski definition) is 12. The van der Waals surface area contributed by atoms with E-state index in [1.165, 1.54) is 44.4 Å². The van der Waals surface area contributed by atoms with Gasteiger partial charge in [-0.15, -0.1) is 0 Å². The highest BCUT2D eigenvalue weighted by Crippen LogP contribution is 2.38. The number of nitrogens with two attached hydrogens (primary N) is 1. The first-order valence-electron chi connectivity index (χ1n) is 14.5. The summed E-state index contributed by atoms with van der Waals surface area (Å²) < 4.78 is 27.8. The monoisotopic (exact) mass is 656 g/mol. The molecular formula is C32H36N2O13. The molecule has 2 aromatic carbocycles. The van der Waals surface area contributed by atoms with Gasteiger partial charge in [-0.05, 0) is 69.5 Å². The summed E-state index contributed by atoms with van der Waals surface area (Å²) in [5.41, 5.74) is 3.10. The van der Waals surface area contributed by atoms with Crippen LogP contribution in [0.3, 0.4) is 0 Å². The third kappa shape index (κ3) is 7.65. The van der Waals surface area contributed by atoms with E-state index in [4.69, 9.17) is 34.2 Å². The first-order valence-corrected chi connectivity index (χ1v) is 14.5. The van der Waals surface area contributed by atoms with Crippen LogP contribution in [0.4, 0.5) is 10.5 Å². The molecule has 0 unspecified atom stereocenters. The highest BCUT2D eigenvalue weighted by molar-refractivity contribution is 6.06. The number of allylic oxidation sites excluding steroid dienone is 2. The van der Waals surface area contributed by atoms with Gasteiger partial charge in [0.1, 0.15) is 23.2 Å². The van der Waals surface area contributed by atoms with Crippen LogP contribution in [0, 0.1) is 6.92 Å². The number of nitrogens with one attached hydrogen (secondary N) is 1. The van der Waals surface area contributed by atoms with Gasteiger partial charge in [-0.2, -0.15) is 0 Å². The Kier molecular flexibility index (Phi) is 10.4. The summed E-state index contributed by atoms with van der Waals surface area (Å²) in [4.78, 5) is 48.2. The van der Waals surface area contributed by atoms with Gasteiger partial charge >= 0.3 is 17.7 Å². The zero-order valence-electron chi connectivity index (χ0n) is 26.0. The van der Waals surface area contributed by atoms with E-state index in [2.05, 4.69) is 5.32 Å². The van der Waals surface area contributed by atoms with Crippen molar-refractivity contribution in [3.05, 3.63) is 69.6 Å². The number of phenols is 1. The van der Waals surface area contributed by atoms with Crippen LogP contribution in [0.1, 0.15) is 48.2 Å². The normalized spacial score (nSPS) is 20.6. The highest BCUT2D eigenvalue weighted by atomic mass is 16.7. The summed E-state index contributed by atoms with van der Waals surface area (Å²) in [6.45, 7) is 4.81. The van der Waals surface area contributed by atoms with Gasteiger partial charge in [-0.1, -0.05) is 12.2 Å². The molecule has 7 N–H and O–H groups in total. The van der Waals surface area contributed by atoms with Gasteiger partial charge < -0.3 is 54.8 Å². The van der Waals surface area contributed by atoms with E-state index in [0.29, 0.717) is 12.0 Å². The topological polar surface area (TPSA) is 237 Å². The van der Waals surface area contributed by atoms with Crippen LogP contribution in [0.5, 0.6) is 17.2 Å². The Morgan fingerprint density at radius 3 is 2.51 bits per heavy atom. The van der Waals surface area contributed by atoms with Gasteiger partial charge in [-0.3, -0.25) is 9.59 Å². The van der Waals surface area contributed by atoms with Crippen LogP contribution in [0.15, 0.2) is 51.7 Å². The molecule has 1 aliphatic rings. The molecule has 252 valence electrons. The molecule has 15 nitrogen and oxygen atoms in total. The maximum Gasteiger partial charge on any atom is 0.404 e. The predicted molar refractivity (Wildman–Crippen MR) is 165 cm³/mol. The molecule has 0 spiro atoms. The highest BCUT2D eigenvalue weighted by Gasteiger charge is 2.53. The number of carboxylic acid groups (broad SMARTS) is 1. The molecule has 0 bridgehead atoms. The van der Waals surface area contributed by atoms with E-state index >= 15 is 0 Å². The molecule has 2 heterocycles. The minimum Gasteiger partial charge on any atom is -0.508 e. The van der Waals surface area contributed by atoms with Crippen molar-refractivity contribution < 1.29 is 58.2 Å². The standard InChI is InChI=1S/C32H36N2O13/c1-15-20(44-30-24(39)26(46-31(33)42)27(43-4)32(2,3)47-30)13-11-18-23(38)22(29(41)45-25(15)18)34-28(40)17-10-12-19(35)16(14-17)8-6-5-7-9-21(36)37/h5-6,10-14,24,26-27,30,35,38-39H,7-9H2,1-4H3,(H2,33,42)(H,34,40)(H,36,37)/b6-5+/t24-,26+,27-,30-/m1/s1. The molecule has 4 atom stereocenters. The molecule has 1 fully saturated rings. The molecule has 47 heavy (non-hydrogen) atoms. The number of aliphatic hydroxyl groups excluding tert-OH is 1. The molecule has 0 aliphatic carbocycles. The van der Waals surface area contributed by atoms with Gasteiger partial charge in [0, 0.05) is 24.7 Å². The van der Waals surface area contributed by atoms with Gasteiger partial charge in [0.15, 0.2) is 23.6 Å². The molecular weight excluding hydrogens is 620 g/mol. The van der Waals surface area contributed by atoms with Crippen LogP contribution >= 0.6 is 0 Å². The molecule has 1 aliphatic heterocycles. The van der Waals surface area contributed by atoms with Crippen LogP contribution in [0.2, 0.25) is 0 Å². The first-order chi connectivity index (χ1) is 22.1. The van der Waals surface area contributed by atoms with Crippen molar-refractivity contribution >= 4 is 34.6 Å². The summed E-state index contributed by atoms with van der Waals surface area (Å²) in [6, 6.07) is 6.82. The summed E-state index contributed by atoms with van der Waals surface area (Å²) in [6.07, 6.45) is -2.42. The third-order valence-electron chi connectivity index (χ3n) is 7.62. The van der Waals surface area contributed by atoms with Crippen molar-refractivity contribution in [3.63, 3.8) is 0 Å². The van der Waals surface area contributed by atoms with E-state index < -0.39 is 65.2 Å². The molecule has 1 saturated heterocycles. The lowest BCUT2D eigenvalue weighted by Crippen LogP contribution is -2.65. The SMILES string of the molecule is CO[C@@H]1[C@@H](OC(N)=O)[C@@H](O)[C@H](Oc2ccc3c(O)c(NC(=O)c4ccc(O)c(C/C=C/CCC(=O)O)c4)c(=O)oc3c2C)OC1(C)C. The van der Waals surface area contributed by atoms with Crippen molar-refractivity contribution in [2.45, 2.75) is 70.2 Å². The first kappa shape index (κ1) is 34.7. The fourth-order valence-corrected chi connectivity index (χ4v) is 5.28. The Morgan fingerprint density at radius 1 is 1.13 bits per heavy atom. The third-order valence-corrected chi connectivity index (χ3v) is 7.62. The summed E-state index contributed by atoms with van der Waals surface area (Å²) in [5, 5.41) is 43.3. The number of carboxylic acids is 1. The number of aliphatic hydroxyl groups is 1. The van der Waals surface area contributed by atoms with Gasteiger partial charge in [-0.25, -0.2) is 9.59 Å². The van der Waals surface area contributed by atoms with Crippen LogP contribution < -0.4 is 21.4 Å². The number of aromatic hydroxyl groups is 2. The number of carbonyl (C=O) groups excluding carboxylic acids is 2. The number of methoxy groups -OCH3 is 1. The number of benzene rings is 2. The number of anilines is 1. The number of rotatable bonds is 11. The summed E-state index contributed by atoms with van der Waals surface area (Å²) in [5.74, 6) is -2.28. The maximum absolute atomic E-state index is 13.1. The van der Waals surface area contributed by atoms with Gasteiger partial charge in [0.25, 0.3) is 5.91 Å². The van der Waals surface area contributed by atoms with Crippen molar-refractivity contribution in [3.8, 4) is 17.2 Å². The quantitative estimate of drug-likeness (QED) is 0.129. The molecule has 3 aromatic rings. The maximum atomic E-state index is 13.1. The van der Waals surface area contributed by atoms with Crippen LogP contribution in [-0.4, -0.2) is 75.7 Å². The van der Waals surface area contributed by atoms with Gasteiger partial charge in [0.05, 0.1) is 11.0 Å². The van der Waals surface area contributed by atoms with E-state index in [0.717, 1.165) is 0 Å². The fourth-order valence-electron chi connectivity index (χ4n) is 5.28. The zero-order valence-corrected chi connectivity index (χ0v) is 26.0. The second-order valence-electron chi connectivity index (χ2n) is 11.3. The lowest BCUT2D eigenvalue weighted by molar-refractivity contribution is -0.304. The van der Waals surface area contributed by atoms with E-state index in [-0.39, 0.29) is 46.4 Å². The lowest BCUT2D eigenvalue weighted by atomic mass is 9.89. The number of carbonyl (C=O) groups is 3.